The SMILES string of the molecule is C[N+]1=C(/C=C/C=C/C=C/C=C2/N(CCCCCC(=O)NCCCN=[N+]=[N-])c3ccc(S(=O)(=O)O)cc3C2(C)C)C(C)(C)c2cc(S(=O)(=O)[O-])ccc21. The van der Waals surface area contributed by atoms with Gasteiger partial charge in [0.25, 0.3) is 10.1 Å². The molecule has 2 aromatic carbocycles. The number of rotatable bonds is 16. The molecule has 0 saturated carbocycles. The number of allylic oxidation sites excluding steroid dienone is 8. The highest BCUT2D eigenvalue weighted by Crippen LogP contribution is 2.48. The van der Waals surface area contributed by atoms with E-state index in [-0.39, 0.29) is 15.7 Å². The number of nitrogens with zero attached hydrogens (tertiary/aromatic N) is 5. The predicted molar refractivity (Wildman–Crippen MR) is 201 cm³/mol. The molecule has 4 rings (SSSR count). The molecule has 1 amide bonds. The van der Waals surface area contributed by atoms with Gasteiger partial charge in [0.05, 0.1) is 15.2 Å². The maximum atomic E-state index is 12.2. The normalized spacial score (nSPS) is 17.4. The first-order valence-electron chi connectivity index (χ1n) is 17.0. The molecule has 15 heteroatoms. The smallest absolute Gasteiger partial charge is 0.294 e. The quantitative estimate of drug-likeness (QED) is 0.0365. The monoisotopic (exact) mass is 750 g/mol. The summed E-state index contributed by atoms with van der Waals surface area (Å²) < 4.78 is 70.5. The van der Waals surface area contributed by atoms with E-state index in [1.54, 1.807) is 12.1 Å². The van der Waals surface area contributed by atoms with Crippen LogP contribution in [0.5, 0.6) is 0 Å². The van der Waals surface area contributed by atoms with Gasteiger partial charge in [-0.05, 0) is 80.6 Å². The summed E-state index contributed by atoms with van der Waals surface area (Å²) in [6, 6.07) is 9.09. The number of fused-ring (bicyclic) bond motifs is 2. The third-order valence-electron chi connectivity index (χ3n) is 9.51. The zero-order valence-corrected chi connectivity index (χ0v) is 31.7. The highest BCUT2D eigenvalue weighted by molar-refractivity contribution is 7.86. The summed E-state index contributed by atoms with van der Waals surface area (Å²) in [5, 5.41) is 6.29. The summed E-state index contributed by atoms with van der Waals surface area (Å²) in [4.78, 5) is 16.6. The Morgan fingerprint density at radius 1 is 0.942 bits per heavy atom. The fourth-order valence-electron chi connectivity index (χ4n) is 6.76. The average molecular weight is 751 g/mol. The minimum absolute atomic E-state index is 0.0466. The van der Waals surface area contributed by atoms with Crippen molar-refractivity contribution in [3.8, 4) is 0 Å². The molecule has 0 spiro atoms. The highest BCUT2D eigenvalue weighted by atomic mass is 32.2. The Labute approximate surface area is 306 Å². The highest BCUT2D eigenvalue weighted by Gasteiger charge is 2.43. The van der Waals surface area contributed by atoms with E-state index < -0.39 is 31.1 Å². The zero-order chi connectivity index (χ0) is 38.3. The van der Waals surface area contributed by atoms with Gasteiger partial charge in [0.2, 0.25) is 11.6 Å². The van der Waals surface area contributed by atoms with Crippen LogP contribution in [-0.4, -0.2) is 68.8 Å². The lowest BCUT2D eigenvalue weighted by Gasteiger charge is -2.27. The van der Waals surface area contributed by atoms with Crippen molar-refractivity contribution < 1.29 is 35.3 Å². The first kappa shape index (κ1) is 40.2. The van der Waals surface area contributed by atoms with Crippen LogP contribution in [0.3, 0.4) is 0 Å². The van der Waals surface area contributed by atoms with Gasteiger partial charge in [-0.25, -0.2) is 8.42 Å². The molecule has 2 aliphatic rings. The number of hydrogen-bond donors (Lipinski definition) is 2. The van der Waals surface area contributed by atoms with Gasteiger partial charge in [0.1, 0.15) is 17.2 Å². The van der Waals surface area contributed by atoms with Gasteiger partial charge in [0, 0.05) is 65.5 Å². The molecule has 0 aromatic heterocycles. The van der Waals surface area contributed by atoms with Crippen LogP contribution in [-0.2, 0) is 35.9 Å². The van der Waals surface area contributed by atoms with Gasteiger partial charge in [-0.3, -0.25) is 9.35 Å². The first-order chi connectivity index (χ1) is 24.4. The van der Waals surface area contributed by atoms with Gasteiger partial charge in [-0.15, -0.1) is 0 Å². The number of unbranched alkanes of at least 4 members (excludes halogenated alkanes) is 2. The van der Waals surface area contributed by atoms with E-state index in [9.17, 15) is 30.7 Å². The van der Waals surface area contributed by atoms with E-state index in [0.717, 1.165) is 46.8 Å². The number of hydrogen-bond acceptors (Lipinski definition) is 8. The molecule has 2 N–H and O–H groups in total. The molecule has 52 heavy (non-hydrogen) atoms. The van der Waals surface area contributed by atoms with Crippen LogP contribution in [0.4, 0.5) is 11.4 Å². The maximum Gasteiger partial charge on any atom is 0.294 e. The molecule has 2 aromatic rings. The minimum Gasteiger partial charge on any atom is -0.744 e. The number of carbonyl (C=O) groups excluding carboxylic acids is 1. The zero-order valence-electron chi connectivity index (χ0n) is 30.1. The Balaban J connectivity index is 1.45. The van der Waals surface area contributed by atoms with Crippen molar-refractivity contribution in [1.82, 2.24) is 5.32 Å². The summed E-state index contributed by atoms with van der Waals surface area (Å²) in [6.45, 7) is 9.41. The van der Waals surface area contributed by atoms with Crippen LogP contribution in [0.25, 0.3) is 10.4 Å². The van der Waals surface area contributed by atoms with Gasteiger partial charge in [0.15, 0.2) is 5.71 Å². The predicted octanol–water partition coefficient (Wildman–Crippen LogP) is 6.57. The number of amides is 1. The van der Waals surface area contributed by atoms with Crippen molar-refractivity contribution in [1.29, 1.82) is 0 Å². The van der Waals surface area contributed by atoms with Crippen LogP contribution in [0.1, 0.15) is 70.9 Å². The third kappa shape index (κ3) is 9.27. The number of nitrogens with one attached hydrogen (secondary N) is 1. The Hall–Kier alpha value is -4.53. The number of carbonyl (C=O) groups is 1. The van der Waals surface area contributed by atoms with Crippen molar-refractivity contribution in [2.24, 2.45) is 5.11 Å². The van der Waals surface area contributed by atoms with Crippen molar-refractivity contribution in [3.05, 3.63) is 106 Å². The molecule has 0 saturated heterocycles. The van der Waals surface area contributed by atoms with Gasteiger partial charge >= 0.3 is 0 Å². The topological polar surface area (TPSA) is 196 Å². The standard InChI is InChI=1S/C37H46N6O7S2/c1-36(2)29-25-27(51(45,46)47)18-20-31(29)42(5)33(36)15-10-7-6-8-11-16-34-37(3,4)30-26-28(52(48,49)50)19-21-32(30)43(34)24-13-9-12-17-35(44)39-22-14-23-40-41-38/h6-8,10-11,15-16,18-21,25-26H,9,12-14,17,22-24H2,1-5H3,(H2-,39,44,45,46,47,48,49,50). The molecule has 0 bridgehead atoms. The van der Waals surface area contributed by atoms with Crippen LogP contribution in [0.2, 0.25) is 0 Å². The molecule has 0 radical (unpaired) electrons. The van der Waals surface area contributed by atoms with E-state index in [4.69, 9.17) is 5.53 Å². The molecule has 2 aliphatic heterocycles. The minimum atomic E-state index is -4.57. The first-order valence-corrected chi connectivity index (χ1v) is 19.9. The molecule has 0 atom stereocenters. The number of benzene rings is 2. The second kappa shape index (κ2) is 16.4. The fourth-order valence-corrected chi connectivity index (χ4v) is 7.76. The van der Waals surface area contributed by atoms with Crippen LogP contribution >= 0.6 is 0 Å². The summed E-state index contributed by atoms with van der Waals surface area (Å²) in [5.74, 6) is -0.0466. The van der Waals surface area contributed by atoms with E-state index in [1.807, 2.05) is 81.9 Å². The molecule has 0 fully saturated rings. The van der Waals surface area contributed by atoms with Gasteiger partial charge < -0.3 is 14.8 Å². The van der Waals surface area contributed by atoms with Crippen LogP contribution < -0.4 is 10.2 Å². The van der Waals surface area contributed by atoms with Crippen LogP contribution in [0, 0.1) is 0 Å². The van der Waals surface area contributed by atoms with Crippen LogP contribution in [0.15, 0.2) is 99.5 Å². The third-order valence-corrected chi connectivity index (χ3v) is 11.2. The summed E-state index contributed by atoms with van der Waals surface area (Å²) >= 11 is 0. The average Bonchev–Trinajstić information content (AvgIpc) is 3.40. The van der Waals surface area contributed by atoms with E-state index in [2.05, 4.69) is 20.2 Å². The molecule has 0 unspecified atom stereocenters. The lowest BCUT2D eigenvalue weighted by molar-refractivity contribution is -0.401. The maximum absolute atomic E-state index is 12.2. The molecule has 2 heterocycles. The largest absolute Gasteiger partial charge is 0.744 e. The molecular weight excluding hydrogens is 705 g/mol. The number of azide groups is 1. The lowest BCUT2D eigenvalue weighted by atomic mass is 9.81. The molecule has 0 aliphatic carbocycles. The van der Waals surface area contributed by atoms with Crippen molar-refractivity contribution in [2.45, 2.75) is 80.4 Å². The lowest BCUT2D eigenvalue weighted by Crippen LogP contribution is -2.27. The molecular formula is C37H46N6O7S2. The Bertz CT molecular complexity index is 2130. The van der Waals surface area contributed by atoms with E-state index in [0.29, 0.717) is 38.9 Å². The molecule has 278 valence electrons. The second-order valence-electron chi connectivity index (χ2n) is 13.8. The summed E-state index contributed by atoms with van der Waals surface area (Å²) in [5.41, 5.74) is 12.4. The second-order valence-corrected chi connectivity index (χ2v) is 16.6. The Morgan fingerprint density at radius 2 is 1.62 bits per heavy atom. The Morgan fingerprint density at radius 3 is 2.31 bits per heavy atom. The van der Waals surface area contributed by atoms with Crippen molar-refractivity contribution in [3.63, 3.8) is 0 Å². The van der Waals surface area contributed by atoms with E-state index in [1.165, 1.54) is 24.3 Å². The summed E-state index contributed by atoms with van der Waals surface area (Å²) in [6.07, 6.45) is 16.7. The molecule has 13 nitrogen and oxygen atoms in total. The van der Waals surface area contributed by atoms with Gasteiger partial charge in [-0.1, -0.05) is 55.8 Å². The Kier molecular flexibility index (Phi) is 12.7. The van der Waals surface area contributed by atoms with Crippen molar-refractivity contribution in [2.75, 3.05) is 31.6 Å². The summed E-state index contributed by atoms with van der Waals surface area (Å²) in [7, 11) is -7.07. The van der Waals surface area contributed by atoms with Crippen molar-refractivity contribution >= 4 is 43.2 Å². The van der Waals surface area contributed by atoms with Gasteiger partial charge in [-0.2, -0.15) is 13.0 Å². The fraction of sp³-hybridized carbons (Fsp3) is 0.405. The van der Waals surface area contributed by atoms with E-state index >= 15 is 0 Å². The number of anilines is 1.